The molecule has 0 atom stereocenters. The van der Waals surface area contributed by atoms with E-state index in [4.69, 9.17) is 4.74 Å². The van der Waals surface area contributed by atoms with Gasteiger partial charge >= 0.3 is 5.97 Å². The number of unbranched alkanes of at least 4 members (excludes halogenated alkanes) is 6. The van der Waals surface area contributed by atoms with E-state index < -0.39 is 0 Å². The Labute approximate surface area is 152 Å². The van der Waals surface area contributed by atoms with E-state index >= 15 is 0 Å². The Morgan fingerprint density at radius 3 is 2.00 bits per heavy atom. The minimum absolute atomic E-state index is 0.0325. The first-order chi connectivity index (χ1) is 11.0. The van der Waals surface area contributed by atoms with Gasteiger partial charge in [-0.05, 0) is 31.1 Å². The van der Waals surface area contributed by atoms with Crippen molar-refractivity contribution in [3.8, 4) is 0 Å². The summed E-state index contributed by atoms with van der Waals surface area (Å²) in [6.07, 6.45) is 11.6. The maximum Gasteiger partial charge on any atom is 0.305 e. The summed E-state index contributed by atoms with van der Waals surface area (Å²) in [6, 6.07) is 0. The lowest BCUT2D eigenvalue weighted by Gasteiger charge is -2.16. The average molecular weight is 363 g/mol. The molecule has 0 aromatic rings. The van der Waals surface area contributed by atoms with Crippen LogP contribution in [-0.2, 0) is 9.53 Å². The van der Waals surface area contributed by atoms with E-state index in [1.165, 1.54) is 56.5 Å². The predicted octanol–water partition coefficient (Wildman–Crippen LogP) is 6.88. The van der Waals surface area contributed by atoms with Crippen molar-refractivity contribution in [3.05, 3.63) is 0 Å². The van der Waals surface area contributed by atoms with Crippen LogP contribution in [0.3, 0.4) is 0 Å². The van der Waals surface area contributed by atoms with Gasteiger partial charge in [0.15, 0.2) is 0 Å². The molecule has 0 fully saturated rings. The lowest BCUT2D eigenvalue weighted by molar-refractivity contribution is -0.144. The summed E-state index contributed by atoms with van der Waals surface area (Å²) in [6.45, 7) is 9.32. The van der Waals surface area contributed by atoms with Gasteiger partial charge in [0.25, 0.3) is 0 Å². The van der Waals surface area contributed by atoms with Crippen molar-refractivity contribution in [2.45, 2.75) is 91.9 Å². The smallest absolute Gasteiger partial charge is 0.305 e. The molecule has 0 saturated heterocycles. The molecule has 2 nitrogen and oxygen atoms in total. The highest BCUT2D eigenvalue weighted by Crippen LogP contribution is 2.24. The number of hydrogen-bond acceptors (Lipinski definition) is 4. The molecule has 0 radical (unpaired) electrons. The van der Waals surface area contributed by atoms with E-state index in [9.17, 15) is 4.79 Å². The SMILES string of the molecule is CCCCCCSSCCCCCCOC(=O)CCC(C)(C)C. The van der Waals surface area contributed by atoms with Crippen molar-refractivity contribution in [2.75, 3.05) is 18.1 Å². The van der Waals surface area contributed by atoms with Gasteiger partial charge in [0, 0.05) is 17.9 Å². The summed E-state index contributed by atoms with van der Waals surface area (Å²) in [7, 11) is 4.05. The molecule has 0 aliphatic carbocycles. The molecule has 4 heteroatoms. The van der Waals surface area contributed by atoms with Crippen LogP contribution < -0.4 is 0 Å². The normalized spacial score (nSPS) is 11.7. The molecule has 0 amide bonds. The zero-order chi connectivity index (χ0) is 17.4. The maximum absolute atomic E-state index is 11.6. The zero-order valence-corrected chi connectivity index (χ0v) is 17.5. The molecule has 0 rings (SSSR count). The van der Waals surface area contributed by atoms with E-state index in [-0.39, 0.29) is 11.4 Å². The fraction of sp³-hybridized carbons (Fsp3) is 0.947. The number of esters is 1. The quantitative estimate of drug-likeness (QED) is 0.180. The molecule has 0 aromatic heterocycles. The van der Waals surface area contributed by atoms with Gasteiger partial charge in [-0.2, -0.15) is 0 Å². The fourth-order valence-corrected chi connectivity index (χ4v) is 4.35. The molecule has 0 N–H and O–H groups in total. The van der Waals surface area contributed by atoms with Gasteiger partial charge < -0.3 is 4.74 Å². The molecule has 0 aromatic carbocycles. The second kappa shape index (κ2) is 15.7. The number of rotatable bonds is 15. The predicted molar refractivity (Wildman–Crippen MR) is 107 cm³/mol. The second-order valence-corrected chi connectivity index (χ2v) is 10.1. The number of hydrogen-bond donors (Lipinski definition) is 0. The molecular weight excluding hydrogens is 324 g/mol. The Bertz CT molecular complexity index is 275. The summed E-state index contributed by atoms with van der Waals surface area (Å²) in [5.41, 5.74) is 0.213. The number of carbonyl (C=O) groups excluding carboxylic acids is 1. The third-order valence-corrected chi connectivity index (χ3v) is 6.21. The zero-order valence-electron chi connectivity index (χ0n) is 15.8. The molecular formula is C19H38O2S2. The van der Waals surface area contributed by atoms with E-state index in [0.29, 0.717) is 13.0 Å². The summed E-state index contributed by atoms with van der Waals surface area (Å²) >= 11 is 0. The highest BCUT2D eigenvalue weighted by atomic mass is 33.1. The van der Waals surface area contributed by atoms with Gasteiger partial charge in [-0.3, -0.25) is 4.79 Å². The molecule has 0 bridgehead atoms. The van der Waals surface area contributed by atoms with Crippen LogP contribution in [0.2, 0.25) is 0 Å². The lowest BCUT2D eigenvalue weighted by atomic mass is 9.91. The third kappa shape index (κ3) is 20.1. The first kappa shape index (κ1) is 23.2. The second-order valence-electron chi connectivity index (χ2n) is 7.40. The summed E-state index contributed by atoms with van der Waals surface area (Å²) < 4.78 is 5.28. The van der Waals surface area contributed by atoms with Crippen molar-refractivity contribution in [2.24, 2.45) is 5.41 Å². The Balaban J connectivity index is 3.17. The third-order valence-electron chi connectivity index (χ3n) is 3.63. The van der Waals surface area contributed by atoms with Gasteiger partial charge in [-0.25, -0.2) is 0 Å². The molecule has 0 saturated carbocycles. The van der Waals surface area contributed by atoms with Crippen LogP contribution in [0.15, 0.2) is 0 Å². The van der Waals surface area contributed by atoms with Crippen molar-refractivity contribution in [1.29, 1.82) is 0 Å². The molecule has 0 aliphatic heterocycles. The Hall–Kier alpha value is 0.170. The summed E-state index contributed by atoms with van der Waals surface area (Å²) in [5, 5.41) is 0. The molecule has 0 spiro atoms. The first-order valence-electron chi connectivity index (χ1n) is 9.36. The van der Waals surface area contributed by atoms with E-state index in [2.05, 4.69) is 27.7 Å². The molecule has 0 unspecified atom stereocenters. The first-order valence-corrected chi connectivity index (χ1v) is 11.8. The minimum Gasteiger partial charge on any atom is -0.466 e. The topological polar surface area (TPSA) is 26.3 Å². The van der Waals surface area contributed by atoms with Crippen LogP contribution in [0.5, 0.6) is 0 Å². The van der Waals surface area contributed by atoms with Crippen molar-refractivity contribution >= 4 is 27.6 Å². The van der Waals surface area contributed by atoms with Gasteiger partial charge in [0.05, 0.1) is 6.61 Å². The summed E-state index contributed by atoms with van der Waals surface area (Å²) in [5.74, 6) is 2.52. The van der Waals surface area contributed by atoms with Crippen LogP contribution in [0.4, 0.5) is 0 Å². The largest absolute Gasteiger partial charge is 0.466 e. The minimum atomic E-state index is -0.0325. The Morgan fingerprint density at radius 2 is 1.43 bits per heavy atom. The van der Waals surface area contributed by atoms with E-state index in [1.807, 2.05) is 21.6 Å². The van der Waals surface area contributed by atoms with Crippen molar-refractivity contribution in [1.82, 2.24) is 0 Å². The standard InChI is InChI=1S/C19H38O2S2/c1-5-6-7-11-16-22-23-17-12-9-8-10-15-21-18(20)13-14-19(2,3)4/h5-17H2,1-4H3. The van der Waals surface area contributed by atoms with Crippen LogP contribution in [0.25, 0.3) is 0 Å². The average Bonchev–Trinajstić information content (AvgIpc) is 2.49. The van der Waals surface area contributed by atoms with Gasteiger partial charge in [-0.15, -0.1) is 0 Å². The fourth-order valence-electron chi connectivity index (χ4n) is 2.06. The Kier molecular flexibility index (Phi) is 15.8. The van der Waals surface area contributed by atoms with Crippen molar-refractivity contribution < 1.29 is 9.53 Å². The lowest BCUT2D eigenvalue weighted by Crippen LogP contribution is -2.11. The van der Waals surface area contributed by atoms with Gasteiger partial charge in [0.2, 0.25) is 0 Å². The highest BCUT2D eigenvalue weighted by Gasteiger charge is 2.13. The Morgan fingerprint density at radius 1 is 0.870 bits per heavy atom. The van der Waals surface area contributed by atoms with Crippen LogP contribution in [0, 0.1) is 5.41 Å². The molecule has 0 aliphatic rings. The monoisotopic (exact) mass is 362 g/mol. The van der Waals surface area contributed by atoms with Crippen LogP contribution >= 0.6 is 21.6 Å². The molecule has 23 heavy (non-hydrogen) atoms. The molecule has 138 valence electrons. The number of ether oxygens (including phenoxy) is 1. The highest BCUT2D eigenvalue weighted by molar-refractivity contribution is 8.76. The summed E-state index contributed by atoms with van der Waals surface area (Å²) in [4.78, 5) is 11.6. The van der Waals surface area contributed by atoms with E-state index in [0.717, 1.165) is 12.8 Å². The van der Waals surface area contributed by atoms with Crippen LogP contribution in [-0.4, -0.2) is 24.1 Å². The van der Waals surface area contributed by atoms with Crippen LogP contribution in [0.1, 0.15) is 91.9 Å². The maximum atomic E-state index is 11.6. The molecule has 0 heterocycles. The van der Waals surface area contributed by atoms with Gasteiger partial charge in [-0.1, -0.05) is 81.4 Å². The van der Waals surface area contributed by atoms with Crippen molar-refractivity contribution in [3.63, 3.8) is 0 Å². The number of carbonyl (C=O) groups is 1. The van der Waals surface area contributed by atoms with E-state index in [1.54, 1.807) is 0 Å². The van der Waals surface area contributed by atoms with Gasteiger partial charge in [0.1, 0.15) is 0 Å².